The molecular weight excluding hydrogens is 319 g/mol. The predicted molar refractivity (Wildman–Crippen MR) is 97.4 cm³/mol. The molecule has 5 nitrogen and oxygen atoms in total. The minimum Gasteiger partial charge on any atom is -0.372 e. The zero-order valence-corrected chi connectivity index (χ0v) is 15.7. The molecule has 0 amide bonds. The van der Waals surface area contributed by atoms with Crippen LogP contribution in [-0.4, -0.2) is 86.1 Å². The van der Waals surface area contributed by atoms with Crippen molar-refractivity contribution in [3.63, 3.8) is 0 Å². The van der Waals surface area contributed by atoms with E-state index in [9.17, 15) is 0 Å². The number of nitrogens with two attached hydrogens (primary N) is 1. The standard InChI is InChI=1S/C19H35FN4O/c1-23-10-11-25-18(14-23)6-8-24(9-7-18)17-16(20)12-22-13-19(17,21)15-4-2-3-5-15/h15-17,22H,2-14,21H2,1H3. The van der Waals surface area contributed by atoms with E-state index in [-0.39, 0.29) is 11.6 Å². The number of hydrogen-bond acceptors (Lipinski definition) is 5. The van der Waals surface area contributed by atoms with E-state index in [0.29, 0.717) is 12.5 Å². The molecular formula is C19H35FN4O. The molecule has 3 N–H and O–H groups in total. The van der Waals surface area contributed by atoms with Crippen molar-refractivity contribution in [1.82, 2.24) is 15.1 Å². The second-order valence-corrected chi connectivity index (χ2v) is 8.99. The Hall–Kier alpha value is -0.270. The molecule has 25 heavy (non-hydrogen) atoms. The van der Waals surface area contributed by atoms with Gasteiger partial charge in [-0.25, -0.2) is 4.39 Å². The molecule has 1 saturated carbocycles. The highest BCUT2D eigenvalue weighted by molar-refractivity contribution is 5.11. The number of morpholine rings is 1. The van der Waals surface area contributed by atoms with Gasteiger partial charge in [0.2, 0.25) is 0 Å². The first-order valence-electron chi connectivity index (χ1n) is 10.2. The molecule has 144 valence electrons. The van der Waals surface area contributed by atoms with Crippen molar-refractivity contribution in [1.29, 1.82) is 0 Å². The normalized spacial score (nSPS) is 41.4. The molecule has 0 aromatic rings. The Morgan fingerprint density at radius 1 is 1.16 bits per heavy atom. The molecule has 1 aliphatic carbocycles. The molecule has 3 saturated heterocycles. The zero-order chi connectivity index (χ0) is 17.5. The SMILES string of the molecule is CN1CCOC2(CCN(C3C(F)CNCC3(N)C3CCCC3)CC2)C1. The van der Waals surface area contributed by atoms with Gasteiger partial charge in [-0.05, 0) is 38.6 Å². The molecule has 0 radical (unpaired) electrons. The van der Waals surface area contributed by atoms with Gasteiger partial charge in [0, 0.05) is 44.8 Å². The second kappa shape index (κ2) is 7.04. The molecule has 3 unspecified atom stereocenters. The molecule has 4 rings (SSSR count). The van der Waals surface area contributed by atoms with Crippen LogP contribution in [0.2, 0.25) is 0 Å². The summed E-state index contributed by atoms with van der Waals surface area (Å²) in [5, 5.41) is 3.28. The Bertz CT molecular complexity index is 464. The number of hydrogen-bond donors (Lipinski definition) is 2. The van der Waals surface area contributed by atoms with Gasteiger partial charge in [0.15, 0.2) is 0 Å². The van der Waals surface area contributed by atoms with Crippen LogP contribution in [0.25, 0.3) is 0 Å². The molecule has 4 fully saturated rings. The maximum Gasteiger partial charge on any atom is 0.130 e. The third kappa shape index (κ3) is 3.36. The summed E-state index contributed by atoms with van der Waals surface area (Å²) >= 11 is 0. The highest BCUT2D eigenvalue weighted by atomic mass is 19.1. The van der Waals surface area contributed by atoms with Crippen LogP contribution in [0.1, 0.15) is 38.5 Å². The van der Waals surface area contributed by atoms with Crippen LogP contribution < -0.4 is 11.1 Å². The second-order valence-electron chi connectivity index (χ2n) is 8.99. The van der Waals surface area contributed by atoms with E-state index in [4.69, 9.17) is 10.5 Å². The lowest BCUT2D eigenvalue weighted by molar-refractivity contribution is -0.142. The van der Waals surface area contributed by atoms with E-state index in [1.54, 1.807) is 0 Å². The maximum atomic E-state index is 15.1. The van der Waals surface area contributed by atoms with Gasteiger partial charge in [0.1, 0.15) is 6.17 Å². The number of piperidine rings is 2. The fraction of sp³-hybridized carbons (Fsp3) is 1.00. The lowest BCUT2D eigenvalue weighted by Gasteiger charge is -2.55. The Morgan fingerprint density at radius 3 is 2.56 bits per heavy atom. The van der Waals surface area contributed by atoms with Gasteiger partial charge in [-0.1, -0.05) is 12.8 Å². The minimum absolute atomic E-state index is 0.0210. The molecule has 0 aromatic heterocycles. The Labute approximate surface area is 151 Å². The molecule has 4 aliphatic rings. The van der Waals surface area contributed by atoms with Crippen molar-refractivity contribution in [3.8, 4) is 0 Å². The van der Waals surface area contributed by atoms with Crippen molar-refractivity contribution < 1.29 is 9.13 Å². The summed E-state index contributed by atoms with van der Waals surface area (Å²) in [4.78, 5) is 4.74. The van der Waals surface area contributed by atoms with Crippen LogP contribution in [0.15, 0.2) is 0 Å². The molecule has 3 aliphatic heterocycles. The number of halogens is 1. The van der Waals surface area contributed by atoms with Gasteiger partial charge >= 0.3 is 0 Å². The van der Waals surface area contributed by atoms with Crippen LogP contribution in [-0.2, 0) is 4.74 Å². The average molecular weight is 355 g/mol. The van der Waals surface area contributed by atoms with E-state index >= 15 is 4.39 Å². The maximum absolute atomic E-state index is 15.1. The van der Waals surface area contributed by atoms with E-state index < -0.39 is 11.7 Å². The topological polar surface area (TPSA) is 53.8 Å². The molecule has 0 aromatic carbocycles. The first-order chi connectivity index (χ1) is 12.0. The number of alkyl halides is 1. The Morgan fingerprint density at radius 2 is 1.88 bits per heavy atom. The average Bonchev–Trinajstić information content (AvgIpc) is 3.12. The quantitative estimate of drug-likeness (QED) is 0.774. The van der Waals surface area contributed by atoms with Crippen LogP contribution >= 0.6 is 0 Å². The fourth-order valence-electron chi connectivity index (χ4n) is 5.94. The van der Waals surface area contributed by atoms with Crippen molar-refractivity contribution in [2.24, 2.45) is 11.7 Å². The highest BCUT2D eigenvalue weighted by Crippen LogP contribution is 2.40. The summed E-state index contributed by atoms with van der Waals surface area (Å²) in [6.07, 6.45) is 5.93. The van der Waals surface area contributed by atoms with E-state index in [1.807, 2.05) is 0 Å². The van der Waals surface area contributed by atoms with Crippen molar-refractivity contribution in [2.75, 3.05) is 52.9 Å². The lowest BCUT2D eigenvalue weighted by Crippen LogP contribution is -2.75. The number of likely N-dealkylation sites (N-methyl/N-ethyl adjacent to an activating group) is 1. The number of nitrogens with zero attached hydrogens (tertiary/aromatic N) is 2. The number of nitrogens with one attached hydrogen (secondary N) is 1. The molecule has 3 heterocycles. The first-order valence-corrected chi connectivity index (χ1v) is 10.2. The third-order valence-corrected chi connectivity index (χ3v) is 7.32. The fourth-order valence-corrected chi connectivity index (χ4v) is 5.94. The minimum atomic E-state index is -0.872. The molecule has 1 spiro atoms. The van der Waals surface area contributed by atoms with Crippen LogP contribution in [0.3, 0.4) is 0 Å². The van der Waals surface area contributed by atoms with Gasteiger partial charge in [0.05, 0.1) is 18.2 Å². The predicted octanol–water partition coefficient (Wildman–Crippen LogP) is 0.981. The van der Waals surface area contributed by atoms with Crippen molar-refractivity contribution in [2.45, 2.75) is 61.9 Å². The molecule has 3 atom stereocenters. The molecule has 0 bridgehead atoms. The van der Waals surface area contributed by atoms with Crippen LogP contribution in [0.5, 0.6) is 0 Å². The van der Waals surface area contributed by atoms with E-state index in [2.05, 4.69) is 22.2 Å². The third-order valence-electron chi connectivity index (χ3n) is 7.32. The van der Waals surface area contributed by atoms with Gasteiger partial charge in [0.25, 0.3) is 0 Å². The van der Waals surface area contributed by atoms with E-state index in [0.717, 1.165) is 65.0 Å². The van der Waals surface area contributed by atoms with Crippen molar-refractivity contribution in [3.05, 3.63) is 0 Å². The zero-order valence-electron chi connectivity index (χ0n) is 15.7. The highest BCUT2D eigenvalue weighted by Gasteiger charge is 2.52. The smallest absolute Gasteiger partial charge is 0.130 e. The summed E-state index contributed by atoms with van der Waals surface area (Å²) < 4.78 is 21.2. The Kier molecular flexibility index (Phi) is 5.10. The molecule has 6 heteroatoms. The summed E-state index contributed by atoms with van der Waals surface area (Å²) in [7, 11) is 2.17. The summed E-state index contributed by atoms with van der Waals surface area (Å²) in [6.45, 7) is 5.84. The number of likely N-dealkylation sites (tertiary alicyclic amines) is 1. The van der Waals surface area contributed by atoms with Crippen LogP contribution in [0.4, 0.5) is 4.39 Å². The number of ether oxygens (including phenoxy) is 1. The summed E-state index contributed by atoms with van der Waals surface area (Å²) in [6, 6.07) is -0.143. The Balaban J connectivity index is 1.47. The lowest BCUT2D eigenvalue weighted by atomic mass is 9.72. The number of rotatable bonds is 2. The van der Waals surface area contributed by atoms with Gasteiger partial charge in [-0.2, -0.15) is 0 Å². The summed E-state index contributed by atoms with van der Waals surface area (Å²) in [5.41, 5.74) is 6.49. The van der Waals surface area contributed by atoms with Gasteiger partial charge in [-0.15, -0.1) is 0 Å². The van der Waals surface area contributed by atoms with Gasteiger partial charge < -0.3 is 20.7 Å². The van der Waals surface area contributed by atoms with Crippen molar-refractivity contribution >= 4 is 0 Å². The van der Waals surface area contributed by atoms with E-state index in [1.165, 1.54) is 12.8 Å². The monoisotopic (exact) mass is 354 g/mol. The van der Waals surface area contributed by atoms with Gasteiger partial charge in [-0.3, -0.25) is 4.90 Å². The largest absolute Gasteiger partial charge is 0.372 e. The summed E-state index contributed by atoms with van der Waals surface area (Å²) in [5.74, 6) is 0.455. The first kappa shape index (κ1) is 18.1. The van der Waals surface area contributed by atoms with Crippen LogP contribution in [0, 0.1) is 5.92 Å².